The van der Waals surface area contributed by atoms with Gasteiger partial charge in [0.2, 0.25) is 11.8 Å². The molecular formula is C18H28ClN3O3S. The molecule has 0 aliphatic carbocycles. The van der Waals surface area contributed by atoms with Crippen molar-refractivity contribution in [3.63, 3.8) is 0 Å². The first-order valence-corrected chi connectivity index (χ1v) is 9.51. The number of nitrogens with two attached hydrogens (primary N) is 1. The molecule has 1 aliphatic heterocycles. The van der Waals surface area contributed by atoms with E-state index >= 15 is 0 Å². The van der Waals surface area contributed by atoms with Crippen molar-refractivity contribution >= 4 is 36.0 Å². The van der Waals surface area contributed by atoms with E-state index in [9.17, 15) is 9.59 Å². The average Bonchev–Trinajstić information content (AvgIpc) is 2.62. The highest BCUT2D eigenvalue weighted by molar-refractivity contribution is 8.00. The van der Waals surface area contributed by atoms with E-state index in [4.69, 9.17) is 10.5 Å². The minimum Gasteiger partial charge on any atom is -0.497 e. The molecule has 0 bridgehead atoms. The highest BCUT2D eigenvalue weighted by Crippen LogP contribution is 2.26. The van der Waals surface area contributed by atoms with Gasteiger partial charge < -0.3 is 20.3 Å². The van der Waals surface area contributed by atoms with Crippen molar-refractivity contribution in [1.82, 2.24) is 9.80 Å². The summed E-state index contributed by atoms with van der Waals surface area (Å²) in [5, 5.41) is 0. The lowest BCUT2D eigenvalue weighted by atomic mass is 10.0. The summed E-state index contributed by atoms with van der Waals surface area (Å²) in [5.41, 5.74) is 7.13. The lowest BCUT2D eigenvalue weighted by Crippen LogP contribution is -2.59. The molecule has 1 aromatic rings. The maximum atomic E-state index is 12.6. The molecule has 1 saturated heterocycles. The van der Waals surface area contributed by atoms with Crippen LogP contribution in [0.1, 0.15) is 19.4 Å². The summed E-state index contributed by atoms with van der Waals surface area (Å²) in [6.07, 6.45) is 1.93. The SMILES string of the molecule is COc1cccc(CN2CCN(C(=O)[C@@H](N)C(C)(C)SC)CC2=O)c1.Cl. The molecule has 0 aromatic heterocycles. The van der Waals surface area contributed by atoms with E-state index in [0.29, 0.717) is 19.6 Å². The molecule has 0 spiro atoms. The van der Waals surface area contributed by atoms with Crippen LogP contribution in [0.15, 0.2) is 24.3 Å². The number of benzene rings is 1. The summed E-state index contributed by atoms with van der Waals surface area (Å²) in [6, 6.07) is 7.03. The van der Waals surface area contributed by atoms with Crippen LogP contribution in [0.25, 0.3) is 0 Å². The van der Waals surface area contributed by atoms with Crippen LogP contribution < -0.4 is 10.5 Å². The van der Waals surface area contributed by atoms with Gasteiger partial charge in [-0.25, -0.2) is 0 Å². The maximum Gasteiger partial charge on any atom is 0.242 e. The second kappa shape index (κ2) is 9.48. The van der Waals surface area contributed by atoms with Crippen LogP contribution in [0.3, 0.4) is 0 Å². The van der Waals surface area contributed by atoms with E-state index < -0.39 is 6.04 Å². The van der Waals surface area contributed by atoms with E-state index in [1.807, 2.05) is 44.4 Å². The Hall–Kier alpha value is -1.44. The number of amides is 2. The van der Waals surface area contributed by atoms with Gasteiger partial charge in [-0.05, 0) is 37.8 Å². The summed E-state index contributed by atoms with van der Waals surface area (Å²) in [5.74, 6) is 0.550. The molecule has 1 aromatic carbocycles. The summed E-state index contributed by atoms with van der Waals surface area (Å²) in [7, 11) is 1.62. The monoisotopic (exact) mass is 401 g/mol. The van der Waals surface area contributed by atoms with Gasteiger partial charge in [-0.2, -0.15) is 11.8 Å². The van der Waals surface area contributed by atoms with Gasteiger partial charge in [-0.15, -0.1) is 12.4 Å². The van der Waals surface area contributed by atoms with Crippen LogP contribution >= 0.6 is 24.2 Å². The Balaban J connectivity index is 0.00000338. The van der Waals surface area contributed by atoms with Crippen molar-refractivity contribution in [2.75, 3.05) is 33.0 Å². The minimum atomic E-state index is -0.625. The highest BCUT2D eigenvalue weighted by Gasteiger charge is 2.36. The lowest BCUT2D eigenvalue weighted by Gasteiger charge is -2.38. The van der Waals surface area contributed by atoms with Crippen LogP contribution in [0.5, 0.6) is 5.75 Å². The van der Waals surface area contributed by atoms with Gasteiger partial charge >= 0.3 is 0 Å². The summed E-state index contributed by atoms with van der Waals surface area (Å²) < 4.78 is 4.85. The van der Waals surface area contributed by atoms with Crippen molar-refractivity contribution in [1.29, 1.82) is 0 Å². The number of piperazine rings is 1. The normalized spacial score (nSPS) is 16.1. The van der Waals surface area contributed by atoms with Crippen LogP contribution in [-0.4, -0.2) is 65.4 Å². The Labute approximate surface area is 165 Å². The number of halogens is 1. The number of hydrogen-bond donors (Lipinski definition) is 1. The largest absolute Gasteiger partial charge is 0.497 e. The van der Waals surface area contributed by atoms with Gasteiger partial charge in [0.05, 0.1) is 19.7 Å². The molecule has 0 saturated carbocycles. The van der Waals surface area contributed by atoms with Gasteiger partial charge in [-0.3, -0.25) is 9.59 Å². The fourth-order valence-electron chi connectivity index (χ4n) is 2.68. The van der Waals surface area contributed by atoms with E-state index in [1.54, 1.807) is 28.7 Å². The van der Waals surface area contributed by atoms with Gasteiger partial charge in [0.25, 0.3) is 0 Å². The Bertz CT molecular complexity index is 642. The van der Waals surface area contributed by atoms with Crippen molar-refractivity contribution in [2.24, 2.45) is 5.73 Å². The van der Waals surface area contributed by atoms with Crippen LogP contribution in [0.2, 0.25) is 0 Å². The molecule has 146 valence electrons. The molecule has 0 unspecified atom stereocenters. The quantitative estimate of drug-likeness (QED) is 0.786. The zero-order valence-corrected chi connectivity index (χ0v) is 17.4. The Kier molecular flexibility index (Phi) is 8.24. The smallest absolute Gasteiger partial charge is 0.242 e. The first-order valence-electron chi connectivity index (χ1n) is 8.28. The Morgan fingerprint density at radius 3 is 2.65 bits per heavy atom. The molecule has 1 aliphatic rings. The molecule has 2 amide bonds. The fourth-order valence-corrected chi connectivity index (χ4v) is 3.03. The number of hydrogen-bond acceptors (Lipinski definition) is 5. The van der Waals surface area contributed by atoms with Gasteiger partial charge in [0.15, 0.2) is 0 Å². The third-order valence-electron chi connectivity index (χ3n) is 4.68. The predicted octanol–water partition coefficient (Wildman–Crippen LogP) is 1.76. The number of carbonyl (C=O) groups is 2. The summed E-state index contributed by atoms with van der Waals surface area (Å²) >= 11 is 1.55. The molecule has 0 radical (unpaired) electrons. The zero-order chi connectivity index (χ0) is 18.6. The summed E-state index contributed by atoms with van der Waals surface area (Å²) in [4.78, 5) is 28.4. The van der Waals surface area contributed by atoms with Crippen LogP contribution in [0, 0.1) is 0 Å². The lowest BCUT2D eigenvalue weighted by molar-refractivity contribution is -0.146. The van der Waals surface area contributed by atoms with E-state index in [1.165, 1.54) is 0 Å². The number of thioether (sulfide) groups is 1. The van der Waals surface area contributed by atoms with Crippen molar-refractivity contribution in [3.05, 3.63) is 29.8 Å². The van der Waals surface area contributed by atoms with Gasteiger partial charge in [0, 0.05) is 24.4 Å². The molecule has 2 N–H and O–H groups in total. The standard InChI is InChI=1S/C18H27N3O3S.ClH/c1-18(2,25-4)16(19)17(23)21-9-8-20(15(22)12-21)11-13-6-5-7-14(10-13)24-3;/h5-7,10,16H,8-9,11-12,19H2,1-4H3;1H/t16-;/m1./s1. The Morgan fingerprint density at radius 2 is 2.08 bits per heavy atom. The zero-order valence-electron chi connectivity index (χ0n) is 15.7. The number of rotatable bonds is 6. The Morgan fingerprint density at radius 1 is 1.38 bits per heavy atom. The van der Waals surface area contributed by atoms with E-state index in [0.717, 1.165) is 11.3 Å². The summed E-state index contributed by atoms with van der Waals surface area (Å²) in [6.45, 7) is 5.50. The predicted molar refractivity (Wildman–Crippen MR) is 108 cm³/mol. The first-order chi connectivity index (χ1) is 11.8. The van der Waals surface area contributed by atoms with Crippen molar-refractivity contribution < 1.29 is 14.3 Å². The van der Waals surface area contributed by atoms with Crippen LogP contribution in [0.4, 0.5) is 0 Å². The van der Waals surface area contributed by atoms with Gasteiger partial charge in [-0.1, -0.05) is 12.1 Å². The fraction of sp³-hybridized carbons (Fsp3) is 0.556. The third kappa shape index (κ3) is 5.28. The maximum absolute atomic E-state index is 12.6. The second-order valence-electron chi connectivity index (χ2n) is 6.71. The topological polar surface area (TPSA) is 75.9 Å². The number of carbonyl (C=O) groups excluding carboxylic acids is 2. The number of nitrogens with zero attached hydrogens (tertiary/aromatic N) is 2. The molecule has 1 fully saturated rings. The molecule has 6 nitrogen and oxygen atoms in total. The molecular weight excluding hydrogens is 374 g/mol. The van der Waals surface area contributed by atoms with Gasteiger partial charge in [0.1, 0.15) is 5.75 Å². The van der Waals surface area contributed by atoms with Crippen molar-refractivity contribution in [2.45, 2.75) is 31.2 Å². The number of ether oxygens (including phenoxy) is 1. The molecule has 2 rings (SSSR count). The van der Waals surface area contributed by atoms with E-state index in [2.05, 4.69) is 0 Å². The highest BCUT2D eigenvalue weighted by atomic mass is 35.5. The molecule has 8 heteroatoms. The van der Waals surface area contributed by atoms with E-state index in [-0.39, 0.29) is 35.5 Å². The second-order valence-corrected chi connectivity index (χ2v) is 8.17. The first kappa shape index (κ1) is 22.6. The van der Waals surface area contributed by atoms with Crippen molar-refractivity contribution in [3.8, 4) is 5.75 Å². The minimum absolute atomic E-state index is 0. The number of methoxy groups -OCH3 is 1. The molecule has 1 atom stereocenters. The van der Waals surface area contributed by atoms with Crippen LogP contribution in [-0.2, 0) is 16.1 Å². The molecule has 1 heterocycles. The third-order valence-corrected chi connectivity index (χ3v) is 5.99. The average molecular weight is 402 g/mol. The molecule has 26 heavy (non-hydrogen) atoms.